The second-order valence-electron chi connectivity index (χ2n) is 8.23. The van der Waals surface area contributed by atoms with Crippen molar-refractivity contribution in [2.24, 2.45) is 7.05 Å². The number of aromatic amines is 1. The molecule has 0 fully saturated rings. The fourth-order valence-electron chi connectivity index (χ4n) is 3.88. The van der Waals surface area contributed by atoms with Crippen LogP contribution in [0.2, 0.25) is 0 Å². The van der Waals surface area contributed by atoms with E-state index in [9.17, 15) is 4.79 Å². The standard InChI is InChI=1S/C25H24N8O/c1-14-6-8-18(28-14)15(2)29-25(34)23-24(26)31-22(20-10-12-33(3)32-20)21(30-23)17-7-9-19-16(13-17)5-4-11-27-19/h4-13,15,28H,1-3H3,(H2,26,31)(H,29,34). The monoisotopic (exact) mass is 452 g/mol. The van der Waals surface area contributed by atoms with Crippen LogP contribution in [0.5, 0.6) is 0 Å². The Morgan fingerprint density at radius 3 is 2.71 bits per heavy atom. The van der Waals surface area contributed by atoms with Crippen LogP contribution in [0.1, 0.15) is 34.8 Å². The number of aryl methyl sites for hydroxylation is 2. The lowest BCUT2D eigenvalue weighted by Crippen LogP contribution is -2.29. The molecule has 0 aliphatic carbocycles. The molecule has 0 aliphatic heterocycles. The summed E-state index contributed by atoms with van der Waals surface area (Å²) in [4.78, 5) is 30.1. The van der Waals surface area contributed by atoms with E-state index >= 15 is 0 Å². The third-order valence-electron chi connectivity index (χ3n) is 5.64. The molecule has 0 bridgehead atoms. The van der Waals surface area contributed by atoms with Crippen LogP contribution in [-0.2, 0) is 7.05 Å². The van der Waals surface area contributed by atoms with E-state index in [1.807, 2.05) is 75.6 Å². The van der Waals surface area contributed by atoms with Crippen LogP contribution in [0.4, 0.5) is 5.82 Å². The Hall–Kier alpha value is -4.53. The number of aromatic nitrogens is 6. The molecule has 0 saturated heterocycles. The molecule has 34 heavy (non-hydrogen) atoms. The SMILES string of the molecule is Cc1ccc(C(C)NC(=O)c2nc(-c3ccc4ncccc4c3)c(-c3ccn(C)n3)nc2N)[nH]1. The van der Waals surface area contributed by atoms with Crippen molar-refractivity contribution >= 4 is 22.6 Å². The summed E-state index contributed by atoms with van der Waals surface area (Å²) in [6.07, 6.45) is 3.57. The van der Waals surface area contributed by atoms with Gasteiger partial charge in [-0.15, -0.1) is 0 Å². The lowest BCUT2D eigenvalue weighted by molar-refractivity contribution is 0.0935. The van der Waals surface area contributed by atoms with Gasteiger partial charge in [0.2, 0.25) is 0 Å². The zero-order valence-electron chi connectivity index (χ0n) is 19.1. The van der Waals surface area contributed by atoms with Gasteiger partial charge in [0.15, 0.2) is 11.5 Å². The molecule has 4 N–H and O–H groups in total. The van der Waals surface area contributed by atoms with E-state index in [-0.39, 0.29) is 17.6 Å². The van der Waals surface area contributed by atoms with Gasteiger partial charge >= 0.3 is 0 Å². The van der Waals surface area contributed by atoms with Crippen molar-refractivity contribution in [3.05, 3.63) is 78.0 Å². The molecule has 9 nitrogen and oxygen atoms in total. The minimum atomic E-state index is -0.402. The lowest BCUT2D eigenvalue weighted by atomic mass is 10.0. The van der Waals surface area contributed by atoms with E-state index in [4.69, 9.17) is 10.7 Å². The minimum Gasteiger partial charge on any atom is -0.382 e. The molecule has 170 valence electrons. The minimum absolute atomic E-state index is 0.0409. The van der Waals surface area contributed by atoms with E-state index < -0.39 is 5.91 Å². The first-order valence-electron chi connectivity index (χ1n) is 10.9. The molecule has 0 spiro atoms. The summed E-state index contributed by atoms with van der Waals surface area (Å²) < 4.78 is 1.68. The molecule has 4 heterocycles. The van der Waals surface area contributed by atoms with Crippen LogP contribution >= 0.6 is 0 Å². The molecular formula is C25H24N8O. The van der Waals surface area contributed by atoms with Gasteiger partial charge < -0.3 is 16.0 Å². The fraction of sp³-hybridized carbons (Fsp3) is 0.160. The number of nitrogens with zero attached hydrogens (tertiary/aromatic N) is 5. The normalized spacial score (nSPS) is 12.1. The number of nitrogens with two attached hydrogens (primary N) is 1. The van der Waals surface area contributed by atoms with Gasteiger partial charge in [-0.1, -0.05) is 12.1 Å². The van der Waals surface area contributed by atoms with Crippen molar-refractivity contribution in [3.63, 3.8) is 0 Å². The molecule has 5 aromatic rings. The second-order valence-corrected chi connectivity index (χ2v) is 8.23. The quantitative estimate of drug-likeness (QED) is 0.372. The number of carbonyl (C=O) groups excluding carboxylic acids is 1. The molecule has 0 radical (unpaired) electrons. The highest BCUT2D eigenvalue weighted by Gasteiger charge is 2.23. The molecule has 1 amide bonds. The highest BCUT2D eigenvalue weighted by atomic mass is 16.2. The van der Waals surface area contributed by atoms with Gasteiger partial charge in [0.1, 0.15) is 11.4 Å². The number of anilines is 1. The number of pyridine rings is 1. The maximum absolute atomic E-state index is 13.2. The zero-order chi connectivity index (χ0) is 23.8. The topological polar surface area (TPSA) is 127 Å². The summed E-state index contributed by atoms with van der Waals surface area (Å²) in [7, 11) is 1.83. The number of hydrogen-bond donors (Lipinski definition) is 3. The molecule has 9 heteroatoms. The van der Waals surface area contributed by atoms with E-state index in [1.54, 1.807) is 10.9 Å². The number of nitrogens with one attached hydrogen (secondary N) is 2. The first kappa shape index (κ1) is 21.3. The Labute approximate surface area is 196 Å². The van der Waals surface area contributed by atoms with Gasteiger partial charge in [0.25, 0.3) is 5.91 Å². The summed E-state index contributed by atoms with van der Waals surface area (Å²) in [6.45, 7) is 3.86. The molecular weight excluding hydrogens is 428 g/mol. The fourth-order valence-corrected chi connectivity index (χ4v) is 3.88. The van der Waals surface area contributed by atoms with Crippen molar-refractivity contribution in [2.75, 3.05) is 5.73 Å². The average Bonchev–Trinajstić information content (AvgIpc) is 3.46. The summed E-state index contributed by atoms with van der Waals surface area (Å²) in [5.41, 5.74) is 11.5. The Kier molecular flexibility index (Phi) is 5.29. The van der Waals surface area contributed by atoms with Gasteiger partial charge in [0.05, 0.1) is 17.3 Å². The van der Waals surface area contributed by atoms with Crippen LogP contribution in [0.15, 0.2) is 60.9 Å². The van der Waals surface area contributed by atoms with Gasteiger partial charge in [0, 0.05) is 41.8 Å². The number of rotatable bonds is 5. The van der Waals surface area contributed by atoms with Gasteiger partial charge in [-0.3, -0.25) is 14.5 Å². The van der Waals surface area contributed by atoms with Crippen molar-refractivity contribution in [3.8, 4) is 22.6 Å². The van der Waals surface area contributed by atoms with Crippen molar-refractivity contribution in [1.29, 1.82) is 0 Å². The predicted octanol–water partition coefficient (Wildman–Crippen LogP) is 3.80. The van der Waals surface area contributed by atoms with Crippen LogP contribution in [-0.4, -0.2) is 35.6 Å². The van der Waals surface area contributed by atoms with Gasteiger partial charge in [-0.05, 0) is 50.2 Å². The third kappa shape index (κ3) is 3.99. The maximum Gasteiger partial charge on any atom is 0.274 e. The molecule has 5 rings (SSSR count). The molecule has 4 aromatic heterocycles. The molecule has 0 aliphatic rings. The maximum atomic E-state index is 13.2. The number of fused-ring (bicyclic) bond motifs is 1. The summed E-state index contributed by atoms with van der Waals surface area (Å²) in [5, 5.41) is 8.38. The Morgan fingerprint density at radius 1 is 1.12 bits per heavy atom. The second kappa shape index (κ2) is 8.43. The highest BCUT2D eigenvalue weighted by Crippen LogP contribution is 2.31. The first-order chi connectivity index (χ1) is 16.4. The van der Waals surface area contributed by atoms with Crippen molar-refractivity contribution in [1.82, 2.24) is 35.0 Å². The number of amides is 1. The van der Waals surface area contributed by atoms with Crippen molar-refractivity contribution in [2.45, 2.75) is 19.9 Å². The number of benzene rings is 1. The Balaban J connectivity index is 1.60. The summed E-state index contributed by atoms with van der Waals surface area (Å²) in [6, 6.07) is 15.1. The van der Waals surface area contributed by atoms with Gasteiger partial charge in [-0.25, -0.2) is 9.97 Å². The van der Waals surface area contributed by atoms with E-state index in [0.29, 0.717) is 17.1 Å². The summed E-state index contributed by atoms with van der Waals surface area (Å²) >= 11 is 0. The van der Waals surface area contributed by atoms with E-state index in [0.717, 1.165) is 27.9 Å². The van der Waals surface area contributed by atoms with E-state index in [2.05, 4.69) is 25.4 Å². The number of H-pyrrole nitrogens is 1. The number of hydrogen-bond acceptors (Lipinski definition) is 6. The zero-order valence-corrected chi connectivity index (χ0v) is 19.1. The molecule has 0 saturated carbocycles. The van der Waals surface area contributed by atoms with Crippen LogP contribution < -0.4 is 11.1 Å². The Morgan fingerprint density at radius 2 is 1.97 bits per heavy atom. The lowest BCUT2D eigenvalue weighted by Gasteiger charge is -2.15. The largest absolute Gasteiger partial charge is 0.382 e. The predicted molar refractivity (Wildman–Crippen MR) is 131 cm³/mol. The van der Waals surface area contributed by atoms with Crippen LogP contribution in [0.25, 0.3) is 33.5 Å². The van der Waals surface area contributed by atoms with E-state index in [1.165, 1.54) is 0 Å². The smallest absolute Gasteiger partial charge is 0.274 e. The van der Waals surface area contributed by atoms with Crippen LogP contribution in [0.3, 0.4) is 0 Å². The average molecular weight is 453 g/mol. The number of carbonyl (C=O) groups is 1. The van der Waals surface area contributed by atoms with Crippen molar-refractivity contribution < 1.29 is 4.79 Å². The number of nitrogen functional groups attached to an aromatic ring is 1. The molecule has 1 atom stereocenters. The van der Waals surface area contributed by atoms with Crippen LogP contribution in [0, 0.1) is 6.92 Å². The Bertz CT molecular complexity index is 1520. The molecule has 1 unspecified atom stereocenters. The third-order valence-corrected chi connectivity index (χ3v) is 5.64. The molecule has 1 aromatic carbocycles. The highest BCUT2D eigenvalue weighted by molar-refractivity contribution is 5.98. The summed E-state index contributed by atoms with van der Waals surface area (Å²) in [5.74, 6) is -0.361. The van der Waals surface area contributed by atoms with Gasteiger partial charge in [-0.2, -0.15) is 5.10 Å². The first-order valence-corrected chi connectivity index (χ1v) is 10.9.